The summed E-state index contributed by atoms with van der Waals surface area (Å²) in [5.41, 5.74) is -0.168. The zero-order chi connectivity index (χ0) is 14.0. The normalized spacial score (nSPS) is 20.4. The average Bonchev–Trinajstić information content (AvgIpc) is 2.74. The van der Waals surface area contributed by atoms with E-state index in [1.165, 1.54) is 0 Å². The third-order valence-electron chi connectivity index (χ3n) is 3.08. The number of amides is 1. The summed E-state index contributed by atoms with van der Waals surface area (Å²) in [6, 6.07) is 0. The minimum absolute atomic E-state index is 0.0529. The topological polar surface area (TPSA) is 58.1 Å². The minimum atomic E-state index is -0.168. The smallest absolute Gasteiger partial charge is 0.225 e. The number of aryl methyl sites for hydroxylation is 1. The molecule has 2 heterocycles. The van der Waals surface area contributed by atoms with Gasteiger partial charge in [0, 0.05) is 18.6 Å². The second-order valence-corrected chi connectivity index (χ2v) is 7.29. The fourth-order valence-corrected chi connectivity index (χ4v) is 2.97. The molecule has 6 heteroatoms. The Kier molecular flexibility index (Phi) is 4.08. The summed E-state index contributed by atoms with van der Waals surface area (Å²) >= 11 is 1.59. The van der Waals surface area contributed by atoms with Crippen LogP contribution in [0.4, 0.5) is 5.13 Å². The number of piperidine rings is 1. The lowest BCUT2D eigenvalue weighted by atomic mass is 9.96. The van der Waals surface area contributed by atoms with Crippen LogP contribution >= 0.6 is 11.3 Å². The summed E-state index contributed by atoms with van der Waals surface area (Å²) in [7, 11) is 0. The maximum atomic E-state index is 12.2. The zero-order valence-electron chi connectivity index (χ0n) is 12.1. The third kappa shape index (κ3) is 3.89. The number of hydrogen-bond acceptors (Lipinski definition) is 5. The Bertz CT molecular complexity index is 452. The van der Waals surface area contributed by atoms with Crippen LogP contribution in [0.1, 0.15) is 38.6 Å². The highest BCUT2D eigenvalue weighted by atomic mass is 32.1. The molecule has 0 aromatic carbocycles. The number of carbonyl (C=O) groups excluding carboxylic acids is 1. The van der Waals surface area contributed by atoms with Crippen LogP contribution in [0, 0.1) is 12.8 Å². The van der Waals surface area contributed by atoms with E-state index in [2.05, 4.69) is 20.4 Å². The highest BCUT2D eigenvalue weighted by Gasteiger charge is 2.29. The molecule has 0 radical (unpaired) electrons. The van der Waals surface area contributed by atoms with Gasteiger partial charge in [0.1, 0.15) is 5.01 Å². The van der Waals surface area contributed by atoms with Crippen LogP contribution in [0.3, 0.4) is 0 Å². The summed E-state index contributed by atoms with van der Waals surface area (Å²) in [6.07, 6.45) is 1.98. The van der Waals surface area contributed by atoms with Gasteiger partial charge in [0.2, 0.25) is 11.0 Å². The van der Waals surface area contributed by atoms with Crippen LogP contribution < -0.4 is 10.2 Å². The first-order valence-corrected chi connectivity index (χ1v) is 7.54. The monoisotopic (exact) mass is 282 g/mol. The summed E-state index contributed by atoms with van der Waals surface area (Å²) in [6.45, 7) is 9.71. The molecule has 0 saturated carbocycles. The van der Waals surface area contributed by atoms with Gasteiger partial charge in [-0.25, -0.2) is 0 Å². The molecule has 5 nitrogen and oxygen atoms in total. The van der Waals surface area contributed by atoms with E-state index in [0.717, 1.165) is 36.1 Å². The predicted octanol–water partition coefficient (Wildman–Crippen LogP) is 1.98. The molecule has 1 aliphatic rings. The van der Waals surface area contributed by atoms with Gasteiger partial charge in [-0.05, 0) is 40.5 Å². The molecule has 2 rings (SSSR count). The molecule has 1 aromatic rings. The van der Waals surface area contributed by atoms with Crippen LogP contribution in [-0.2, 0) is 4.79 Å². The van der Waals surface area contributed by atoms with Crippen molar-refractivity contribution in [3.63, 3.8) is 0 Å². The summed E-state index contributed by atoms with van der Waals surface area (Å²) < 4.78 is 0. The SMILES string of the molecule is Cc1nnc(N2CCCC(C(=O)NC(C)(C)C)C2)s1. The van der Waals surface area contributed by atoms with E-state index in [4.69, 9.17) is 0 Å². The summed E-state index contributed by atoms with van der Waals surface area (Å²) in [5, 5.41) is 13.2. The molecule has 1 unspecified atom stereocenters. The van der Waals surface area contributed by atoms with E-state index in [9.17, 15) is 4.79 Å². The van der Waals surface area contributed by atoms with Gasteiger partial charge in [0.25, 0.3) is 0 Å². The molecular formula is C13H22N4OS. The lowest BCUT2D eigenvalue weighted by molar-refractivity contribution is -0.126. The standard InChI is InChI=1S/C13H22N4OS/c1-9-15-16-12(19-9)17-7-5-6-10(8-17)11(18)14-13(2,3)4/h10H,5-8H2,1-4H3,(H,14,18). The lowest BCUT2D eigenvalue weighted by Gasteiger charge is -2.33. The minimum Gasteiger partial charge on any atom is -0.351 e. The van der Waals surface area contributed by atoms with Gasteiger partial charge in [0.05, 0.1) is 5.92 Å². The van der Waals surface area contributed by atoms with Gasteiger partial charge in [-0.15, -0.1) is 10.2 Å². The molecule has 0 aliphatic carbocycles. The van der Waals surface area contributed by atoms with Gasteiger partial charge < -0.3 is 10.2 Å². The van der Waals surface area contributed by atoms with Crippen molar-refractivity contribution in [1.29, 1.82) is 0 Å². The van der Waals surface area contributed by atoms with Crippen molar-refractivity contribution in [2.24, 2.45) is 5.92 Å². The third-order valence-corrected chi connectivity index (χ3v) is 3.98. The molecular weight excluding hydrogens is 260 g/mol. The van der Waals surface area contributed by atoms with Crippen LogP contribution in [0.15, 0.2) is 0 Å². The van der Waals surface area contributed by atoms with Crippen LogP contribution in [0.5, 0.6) is 0 Å². The Balaban J connectivity index is 1.99. The molecule has 1 aliphatic heterocycles. The molecule has 1 atom stereocenters. The maximum Gasteiger partial charge on any atom is 0.225 e. The van der Waals surface area contributed by atoms with Gasteiger partial charge in [0.15, 0.2) is 0 Å². The Hall–Kier alpha value is -1.17. The first-order chi connectivity index (χ1) is 8.85. The van der Waals surface area contributed by atoms with Crippen molar-refractivity contribution in [2.45, 2.75) is 46.1 Å². The Morgan fingerprint density at radius 1 is 1.42 bits per heavy atom. The highest BCUT2D eigenvalue weighted by molar-refractivity contribution is 7.15. The summed E-state index contributed by atoms with van der Waals surface area (Å²) in [5.74, 6) is 0.204. The van der Waals surface area contributed by atoms with Gasteiger partial charge in [-0.2, -0.15) is 0 Å². The van der Waals surface area contributed by atoms with E-state index >= 15 is 0 Å². The highest BCUT2D eigenvalue weighted by Crippen LogP contribution is 2.26. The number of hydrogen-bond donors (Lipinski definition) is 1. The molecule has 0 bridgehead atoms. The number of aromatic nitrogens is 2. The second-order valence-electron chi connectivity index (χ2n) is 6.13. The molecule has 1 fully saturated rings. The second kappa shape index (κ2) is 5.45. The molecule has 1 amide bonds. The molecule has 1 saturated heterocycles. The quantitative estimate of drug-likeness (QED) is 0.901. The number of nitrogens with zero attached hydrogens (tertiary/aromatic N) is 3. The Morgan fingerprint density at radius 2 is 2.16 bits per heavy atom. The van der Waals surface area contributed by atoms with Gasteiger partial charge >= 0.3 is 0 Å². The van der Waals surface area contributed by atoms with E-state index < -0.39 is 0 Å². The number of rotatable bonds is 2. The van der Waals surface area contributed by atoms with Gasteiger partial charge in [-0.3, -0.25) is 4.79 Å². The fourth-order valence-electron chi connectivity index (χ4n) is 2.25. The van der Waals surface area contributed by atoms with Crippen LogP contribution in [0.25, 0.3) is 0 Å². The molecule has 0 spiro atoms. The zero-order valence-corrected chi connectivity index (χ0v) is 12.9. The van der Waals surface area contributed by atoms with Crippen molar-refractivity contribution in [2.75, 3.05) is 18.0 Å². The Labute approximate surface area is 118 Å². The summed E-state index contributed by atoms with van der Waals surface area (Å²) in [4.78, 5) is 14.4. The van der Waals surface area contributed by atoms with Crippen molar-refractivity contribution in [3.8, 4) is 0 Å². The van der Waals surface area contributed by atoms with Crippen molar-refractivity contribution >= 4 is 22.4 Å². The fraction of sp³-hybridized carbons (Fsp3) is 0.769. The van der Waals surface area contributed by atoms with E-state index in [0.29, 0.717) is 0 Å². The van der Waals surface area contributed by atoms with Crippen LogP contribution in [-0.4, -0.2) is 34.7 Å². The number of anilines is 1. The van der Waals surface area contributed by atoms with Gasteiger partial charge in [-0.1, -0.05) is 11.3 Å². The van der Waals surface area contributed by atoms with Crippen molar-refractivity contribution < 1.29 is 4.79 Å². The number of nitrogens with one attached hydrogen (secondary N) is 1. The molecule has 19 heavy (non-hydrogen) atoms. The average molecular weight is 282 g/mol. The number of carbonyl (C=O) groups is 1. The molecule has 106 valence electrons. The largest absolute Gasteiger partial charge is 0.351 e. The van der Waals surface area contributed by atoms with Crippen molar-refractivity contribution in [1.82, 2.24) is 15.5 Å². The Morgan fingerprint density at radius 3 is 2.74 bits per heavy atom. The molecule has 1 aromatic heterocycles. The molecule has 1 N–H and O–H groups in total. The maximum absolute atomic E-state index is 12.2. The van der Waals surface area contributed by atoms with E-state index in [-0.39, 0.29) is 17.4 Å². The first kappa shape index (κ1) is 14.2. The van der Waals surface area contributed by atoms with E-state index in [1.54, 1.807) is 11.3 Å². The lowest BCUT2D eigenvalue weighted by Crippen LogP contribution is -2.48. The van der Waals surface area contributed by atoms with Crippen molar-refractivity contribution in [3.05, 3.63) is 5.01 Å². The predicted molar refractivity (Wildman–Crippen MR) is 77.5 cm³/mol. The van der Waals surface area contributed by atoms with E-state index in [1.807, 2.05) is 27.7 Å². The van der Waals surface area contributed by atoms with Crippen LogP contribution in [0.2, 0.25) is 0 Å². The first-order valence-electron chi connectivity index (χ1n) is 6.72.